The van der Waals surface area contributed by atoms with Crippen LogP contribution in [-0.4, -0.2) is 21.8 Å². The lowest BCUT2D eigenvalue weighted by Gasteiger charge is -2.15. The number of nitrogens with one attached hydrogen (secondary N) is 1. The highest BCUT2D eigenvalue weighted by molar-refractivity contribution is 5.78. The number of aliphatic imine (C=N–C) groups is 1. The summed E-state index contributed by atoms with van der Waals surface area (Å²) < 4.78 is 1.81. The van der Waals surface area contributed by atoms with Crippen molar-refractivity contribution >= 4 is 5.96 Å². The Morgan fingerprint density at radius 1 is 1.24 bits per heavy atom. The average Bonchev–Trinajstić information content (AvgIpc) is 2.99. The smallest absolute Gasteiger partial charge is 0.189 e. The third-order valence-electron chi connectivity index (χ3n) is 4.21. The topological polar surface area (TPSA) is 68.2 Å². The predicted molar refractivity (Wildman–Crippen MR) is 105 cm³/mol. The zero-order valence-electron chi connectivity index (χ0n) is 15.9. The Morgan fingerprint density at radius 3 is 2.72 bits per heavy atom. The lowest BCUT2D eigenvalue weighted by Crippen LogP contribution is -2.38. The molecule has 0 amide bonds. The summed E-state index contributed by atoms with van der Waals surface area (Å²) in [6, 6.07) is 8.69. The van der Waals surface area contributed by atoms with Crippen molar-refractivity contribution in [3.05, 3.63) is 42.2 Å². The fourth-order valence-electron chi connectivity index (χ4n) is 2.80. The molecule has 1 atom stereocenters. The van der Waals surface area contributed by atoms with Crippen molar-refractivity contribution in [3.63, 3.8) is 0 Å². The van der Waals surface area contributed by atoms with Gasteiger partial charge >= 0.3 is 0 Å². The molecule has 2 rings (SSSR count). The first kappa shape index (κ1) is 19.0. The van der Waals surface area contributed by atoms with Crippen LogP contribution in [0.2, 0.25) is 0 Å². The molecular formula is C20H31N5. The second-order valence-electron chi connectivity index (χ2n) is 7.17. The molecule has 25 heavy (non-hydrogen) atoms. The predicted octanol–water partition coefficient (Wildman–Crippen LogP) is 3.71. The Balaban J connectivity index is 1.88. The van der Waals surface area contributed by atoms with Gasteiger partial charge in [0.1, 0.15) is 0 Å². The van der Waals surface area contributed by atoms with Crippen molar-refractivity contribution in [2.75, 3.05) is 0 Å². The van der Waals surface area contributed by atoms with Crippen molar-refractivity contribution in [2.45, 2.75) is 52.6 Å². The summed E-state index contributed by atoms with van der Waals surface area (Å²) in [5.41, 5.74) is 9.43. The van der Waals surface area contributed by atoms with Crippen molar-refractivity contribution in [2.24, 2.45) is 23.7 Å². The van der Waals surface area contributed by atoms with Crippen molar-refractivity contribution in [1.29, 1.82) is 0 Å². The maximum absolute atomic E-state index is 6.03. The molecule has 0 saturated heterocycles. The van der Waals surface area contributed by atoms with Crippen LogP contribution in [0.1, 0.15) is 45.6 Å². The summed E-state index contributed by atoms with van der Waals surface area (Å²) in [4.78, 5) is 4.48. The molecule has 0 spiro atoms. The molecule has 0 bridgehead atoms. The molecule has 1 aromatic heterocycles. The minimum Gasteiger partial charge on any atom is -0.370 e. The molecular weight excluding hydrogens is 310 g/mol. The molecule has 5 heteroatoms. The van der Waals surface area contributed by atoms with Crippen LogP contribution in [0.25, 0.3) is 11.1 Å². The van der Waals surface area contributed by atoms with E-state index in [2.05, 4.69) is 54.4 Å². The van der Waals surface area contributed by atoms with E-state index in [9.17, 15) is 0 Å². The number of guanidine groups is 1. The quantitative estimate of drug-likeness (QED) is 0.568. The van der Waals surface area contributed by atoms with Gasteiger partial charge in [0.25, 0.3) is 0 Å². The first-order valence-corrected chi connectivity index (χ1v) is 9.08. The lowest BCUT2D eigenvalue weighted by atomic mass is 10.0. The Morgan fingerprint density at radius 2 is 2.04 bits per heavy atom. The summed E-state index contributed by atoms with van der Waals surface area (Å²) in [6.45, 7) is 7.25. The van der Waals surface area contributed by atoms with Gasteiger partial charge in [0, 0.05) is 24.8 Å². The van der Waals surface area contributed by atoms with Crippen molar-refractivity contribution in [1.82, 2.24) is 15.1 Å². The summed E-state index contributed by atoms with van der Waals surface area (Å²) >= 11 is 0. The van der Waals surface area contributed by atoms with Crippen LogP contribution in [0.3, 0.4) is 0 Å². The van der Waals surface area contributed by atoms with Gasteiger partial charge in [0.05, 0.1) is 12.7 Å². The highest BCUT2D eigenvalue weighted by atomic mass is 15.2. The molecule has 1 heterocycles. The molecule has 0 aliphatic rings. The van der Waals surface area contributed by atoms with Gasteiger partial charge in [-0.2, -0.15) is 5.10 Å². The van der Waals surface area contributed by atoms with Gasteiger partial charge in [-0.3, -0.25) is 4.68 Å². The van der Waals surface area contributed by atoms with Crippen molar-refractivity contribution in [3.8, 4) is 11.1 Å². The summed E-state index contributed by atoms with van der Waals surface area (Å²) in [6.07, 6.45) is 7.47. The number of benzene rings is 1. The number of aryl methyl sites for hydroxylation is 1. The van der Waals surface area contributed by atoms with Crippen molar-refractivity contribution < 1.29 is 0 Å². The Labute approximate surface area is 151 Å². The van der Waals surface area contributed by atoms with Crippen LogP contribution in [0.4, 0.5) is 0 Å². The van der Waals surface area contributed by atoms with Gasteiger partial charge in [-0.1, -0.05) is 44.9 Å². The summed E-state index contributed by atoms with van der Waals surface area (Å²) in [5, 5.41) is 7.51. The normalized spacial score (nSPS) is 13.2. The lowest BCUT2D eigenvalue weighted by molar-refractivity contribution is 0.493. The second kappa shape index (κ2) is 9.25. The SMILES string of the molecule is CC(C)CCCC(C)NC(N)=NCc1cccc(-c2cnn(C)c2)c1. The molecule has 1 unspecified atom stereocenters. The molecule has 0 fully saturated rings. The Hall–Kier alpha value is -2.30. The van der Waals surface area contributed by atoms with E-state index >= 15 is 0 Å². The number of nitrogens with zero attached hydrogens (tertiary/aromatic N) is 3. The van der Waals surface area contributed by atoms with E-state index in [4.69, 9.17) is 5.73 Å². The zero-order valence-corrected chi connectivity index (χ0v) is 15.9. The van der Waals surface area contributed by atoms with Crippen LogP contribution in [0.5, 0.6) is 0 Å². The molecule has 0 aliphatic heterocycles. The highest BCUT2D eigenvalue weighted by Crippen LogP contribution is 2.19. The van der Waals surface area contributed by atoms with Crippen LogP contribution in [0.15, 0.2) is 41.7 Å². The van der Waals surface area contributed by atoms with Gasteiger partial charge in [-0.15, -0.1) is 0 Å². The van der Waals surface area contributed by atoms with Crippen LogP contribution in [-0.2, 0) is 13.6 Å². The first-order chi connectivity index (χ1) is 11.9. The minimum absolute atomic E-state index is 0.351. The number of hydrogen-bond donors (Lipinski definition) is 2. The van der Waals surface area contributed by atoms with E-state index in [-0.39, 0.29) is 0 Å². The zero-order chi connectivity index (χ0) is 18.2. The highest BCUT2D eigenvalue weighted by Gasteiger charge is 2.05. The monoisotopic (exact) mass is 341 g/mol. The van der Waals surface area contributed by atoms with E-state index in [1.807, 2.05) is 30.2 Å². The third kappa shape index (κ3) is 6.61. The summed E-state index contributed by atoms with van der Waals surface area (Å²) in [7, 11) is 1.92. The minimum atomic E-state index is 0.351. The molecule has 5 nitrogen and oxygen atoms in total. The van der Waals surface area contributed by atoms with E-state index in [1.165, 1.54) is 12.8 Å². The van der Waals surface area contributed by atoms with E-state index < -0.39 is 0 Å². The number of hydrogen-bond acceptors (Lipinski definition) is 2. The van der Waals surface area contributed by atoms with E-state index in [0.29, 0.717) is 18.5 Å². The Kier molecular flexibility index (Phi) is 7.04. The molecule has 136 valence electrons. The van der Waals surface area contributed by atoms with Crippen LogP contribution < -0.4 is 11.1 Å². The summed E-state index contributed by atoms with van der Waals surface area (Å²) in [5.74, 6) is 1.27. The molecule has 0 radical (unpaired) electrons. The Bertz CT molecular complexity index is 687. The fourth-order valence-corrected chi connectivity index (χ4v) is 2.80. The maximum atomic E-state index is 6.03. The standard InChI is InChI=1S/C20H31N5/c1-15(2)7-5-8-16(3)24-20(21)22-12-17-9-6-10-18(11-17)19-13-23-25(4)14-19/h6,9-11,13-16H,5,7-8,12H2,1-4H3,(H3,21,22,24). The van der Waals surface area contributed by atoms with Gasteiger partial charge in [-0.25, -0.2) is 4.99 Å². The van der Waals surface area contributed by atoms with Gasteiger partial charge in [0.15, 0.2) is 5.96 Å². The first-order valence-electron chi connectivity index (χ1n) is 9.08. The largest absolute Gasteiger partial charge is 0.370 e. The number of nitrogens with two attached hydrogens (primary N) is 1. The maximum Gasteiger partial charge on any atom is 0.189 e. The molecule has 0 aliphatic carbocycles. The third-order valence-corrected chi connectivity index (χ3v) is 4.21. The fraction of sp³-hybridized carbons (Fsp3) is 0.500. The van der Waals surface area contributed by atoms with Crippen LogP contribution >= 0.6 is 0 Å². The van der Waals surface area contributed by atoms with E-state index in [0.717, 1.165) is 29.0 Å². The molecule has 0 saturated carbocycles. The van der Waals surface area contributed by atoms with Gasteiger partial charge < -0.3 is 11.1 Å². The van der Waals surface area contributed by atoms with Crippen LogP contribution in [0, 0.1) is 5.92 Å². The molecule has 2 aromatic rings. The number of aromatic nitrogens is 2. The van der Waals surface area contributed by atoms with E-state index in [1.54, 1.807) is 0 Å². The van der Waals surface area contributed by atoms with Gasteiger partial charge in [0.2, 0.25) is 0 Å². The second-order valence-corrected chi connectivity index (χ2v) is 7.17. The molecule has 1 aromatic carbocycles. The molecule has 3 N–H and O–H groups in total. The average molecular weight is 342 g/mol. The van der Waals surface area contributed by atoms with Gasteiger partial charge in [-0.05, 0) is 36.5 Å². The number of rotatable bonds is 8.